The summed E-state index contributed by atoms with van der Waals surface area (Å²) in [4.78, 5) is 36.9. The zero-order chi connectivity index (χ0) is 13.9. The van der Waals surface area contributed by atoms with Crippen LogP contribution in [0.5, 0.6) is 0 Å². The van der Waals surface area contributed by atoms with Gasteiger partial charge in [-0.1, -0.05) is 0 Å². The Kier molecular flexibility index (Phi) is 4.61. The fourth-order valence-corrected chi connectivity index (χ4v) is 1.69. The maximum atomic E-state index is 11.8. The first-order valence-corrected chi connectivity index (χ1v) is 5.80. The summed E-state index contributed by atoms with van der Waals surface area (Å²) in [6.07, 6.45) is 2.14. The number of carbonyl (C=O) groups excluding carboxylic acids is 1. The predicted molar refractivity (Wildman–Crippen MR) is 69.1 cm³/mol. The van der Waals surface area contributed by atoms with Crippen LogP contribution < -0.4 is 11.2 Å². The molecule has 0 aliphatic carbocycles. The minimum Gasteiger partial charge on any atom is -0.309 e. The highest BCUT2D eigenvalue weighted by Gasteiger charge is 2.11. The lowest BCUT2D eigenvalue weighted by Crippen LogP contribution is -2.40. The average Bonchev–Trinajstić information content (AvgIpc) is 2.28. The lowest BCUT2D eigenvalue weighted by atomic mass is 10.2. The number of hydrogen-bond donors (Lipinski definition) is 0. The summed E-state index contributed by atoms with van der Waals surface area (Å²) in [5.74, 6) is -0.322. The Balaban J connectivity index is 3.09. The van der Waals surface area contributed by atoms with Crippen molar-refractivity contribution in [3.8, 4) is 0 Å². The molecule has 0 bridgehead atoms. The zero-order valence-electron chi connectivity index (χ0n) is 11.3. The Morgan fingerprint density at radius 1 is 1.33 bits per heavy atom. The van der Waals surface area contributed by atoms with E-state index in [1.165, 1.54) is 24.7 Å². The van der Waals surface area contributed by atoms with E-state index < -0.39 is 5.56 Å². The number of carbonyl (C=O) groups is 1. The number of ketones is 1. The summed E-state index contributed by atoms with van der Waals surface area (Å²) in [7, 11) is 5.29. The molecule has 6 heteroatoms. The average molecular weight is 253 g/mol. The highest BCUT2D eigenvalue weighted by molar-refractivity contribution is 5.93. The first kappa shape index (κ1) is 14.4. The molecule has 0 spiro atoms. The summed E-state index contributed by atoms with van der Waals surface area (Å²) in [6.45, 7) is 2.65. The van der Waals surface area contributed by atoms with Gasteiger partial charge in [-0.15, -0.1) is 0 Å². The molecule has 0 saturated heterocycles. The molecule has 1 aromatic heterocycles. The van der Waals surface area contributed by atoms with E-state index in [-0.39, 0.29) is 17.0 Å². The van der Waals surface area contributed by atoms with Gasteiger partial charge in [-0.3, -0.25) is 18.7 Å². The van der Waals surface area contributed by atoms with Crippen LogP contribution in [0.3, 0.4) is 0 Å². The molecule has 1 rings (SSSR count). The molecule has 0 aromatic carbocycles. The summed E-state index contributed by atoms with van der Waals surface area (Å²) in [5, 5.41) is 0. The topological polar surface area (TPSA) is 64.3 Å². The Morgan fingerprint density at radius 3 is 2.44 bits per heavy atom. The third-order valence-corrected chi connectivity index (χ3v) is 2.74. The number of nitrogens with zero attached hydrogens (tertiary/aromatic N) is 3. The molecular weight excluding hydrogens is 234 g/mol. The number of Topliss-reactive ketones (excluding diaryl/α,β-unsaturated/α-hetero) is 1. The second-order valence-electron chi connectivity index (χ2n) is 4.60. The second-order valence-corrected chi connectivity index (χ2v) is 4.60. The minimum absolute atomic E-state index is 0.0574. The zero-order valence-corrected chi connectivity index (χ0v) is 11.3. The van der Waals surface area contributed by atoms with Gasteiger partial charge in [0.1, 0.15) is 0 Å². The predicted octanol–water partition coefficient (Wildman–Crippen LogP) is -0.299. The van der Waals surface area contributed by atoms with Gasteiger partial charge >= 0.3 is 5.69 Å². The van der Waals surface area contributed by atoms with Crippen LogP contribution in [0.1, 0.15) is 23.7 Å². The summed E-state index contributed by atoms with van der Waals surface area (Å²) < 4.78 is 2.40. The Labute approximate surface area is 105 Å². The summed E-state index contributed by atoms with van der Waals surface area (Å²) >= 11 is 0. The van der Waals surface area contributed by atoms with E-state index >= 15 is 0 Å². The van der Waals surface area contributed by atoms with Gasteiger partial charge in [0.05, 0.1) is 5.56 Å². The maximum absolute atomic E-state index is 11.8. The van der Waals surface area contributed by atoms with Crippen LogP contribution in [0.4, 0.5) is 0 Å². The molecular formula is C12H19N3O3. The fourth-order valence-electron chi connectivity index (χ4n) is 1.69. The van der Waals surface area contributed by atoms with Crippen LogP contribution in [0.25, 0.3) is 0 Å². The quantitative estimate of drug-likeness (QED) is 0.676. The molecule has 0 fully saturated rings. The monoisotopic (exact) mass is 253 g/mol. The van der Waals surface area contributed by atoms with E-state index in [0.29, 0.717) is 6.54 Å². The van der Waals surface area contributed by atoms with Gasteiger partial charge in [0.2, 0.25) is 0 Å². The largest absolute Gasteiger partial charge is 0.330 e. The van der Waals surface area contributed by atoms with Crippen LogP contribution in [-0.4, -0.2) is 40.5 Å². The van der Waals surface area contributed by atoms with Crippen molar-refractivity contribution in [1.82, 2.24) is 14.0 Å². The van der Waals surface area contributed by atoms with E-state index in [1.807, 2.05) is 19.0 Å². The molecule has 0 saturated carbocycles. The number of hydrogen-bond acceptors (Lipinski definition) is 4. The third kappa shape index (κ3) is 3.16. The second kappa shape index (κ2) is 5.77. The highest BCUT2D eigenvalue weighted by atomic mass is 16.2. The summed E-state index contributed by atoms with van der Waals surface area (Å²) in [5.41, 5.74) is -0.859. The minimum atomic E-state index is -0.531. The normalized spacial score (nSPS) is 10.9. The van der Waals surface area contributed by atoms with Crippen LogP contribution >= 0.6 is 0 Å². The SMILES string of the molecule is CC(=O)c1cn(CCCN(C)C)c(=O)n(C)c1=O. The van der Waals surface area contributed by atoms with Crippen molar-refractivity contribution in [3.05, 3.63) is 32.6 Å². The van der Waals surface area contributed by atoms with Crippen molar-refractivity contribution >= 4 is 5.78 Å². The molecule has 0 radical (unpaired) electrons. The third-order valence-electron chi connectivity index (χ3n) is 2.74. The van der Waals surface area contributed by atoms with E-state index in [9.17, 15) is 14.4 Å². The molecule has 0 aliphatic rings. The lowest BCUT2D eigenvalue weighted by Gasteiger charge is -2.12. The molecule has 0 atom stereocenters. The van der Waals surface area contributed by atoms with Crippen LogP contribution in [0.15, 0.2) is 15.8 Å². The van der Waals surface area contributed by atoms with Crippen molar-refractivity contribution in [2.75, 3.05) is 20.6 Å². The highest BCUT2D eigenvalue weighted by Crippen LogP contribution is 1.93. The van der Waals surface area contributed by atoms with E-state index in [0.717, 1.165) is 17.5 Å². The number of rotatable bonds is 5. The molecule has 0 aliphatic heterocycles. The molecule has 1 aromatic rings. The van der Waals surface area contributed by atoms with Gasteiger partial charge in [0, 0.05) is 19.8 Å². The Hall–Kier alpha value is -1.69. The molecule has 18 heavy (non-hydrogen) atoms. The van der Waals surface area contributed by atoms with Crippen molar-refractivity contribution in [2.45, 2.75) is 19.9 Å². The molecule has 0 amide bonds. The molecule has 100 valence electrons. The Morgan fingerprint density at radius 2 is 1.94 bits per heavy atom. The van der Waals surface area contributed by atoms with Crippen LogP contribution in [0.2, 0.25) is 0 Å². The molecule has 1 heterocycles. The fraction of sp³-hybridized carbons (Fsp3) is 0.583. The van der Waals surface area contributed by atoms with E-state index in [2.05, 4.69) is 0 Å². The molecule has 6 nitrogen and oxygen atoms in total. The molecule has 0 unspecified atom stereocenters. The van der Waals surface area contributed by atoms with E-state index in [1.54, 1.807) is 0 Å². The van der Waals surface area contributed by atoms with Gasteiger partial charge in [-0.2, -0.15) is 0 Å². The van der Waals surface area contributed by atoms with Gasteiger partial charge in [0.15, 0.2) is 5.78 Å². The Bertz CT molecular complexity index is 555. The number of aryl methyl sites for hydroxylation is 1. The van der Waals surface area contributed by atoms with Gasteiger partial charge in [0.25, 0.3) is 5.56 Å². The van der Waals surface area contributed by atoms with Gasteiger partial charge in [-0.05, 0) is 34.0 Å². The van der Waals surface area contributed by atoms with E-state index in [4.69, 9.17) is 0 Å². The first-order chi connectivity index (χ1) is 8.34. The van der Waals surface area contributed by atoms with Crippen molar-refractivity contribution in [3.63, 3.8) is 0 Å². The summed E-state index contributed by atoms with van der Waals surface area (Å²) in [6, 6.07) is 0. The van der Waals surface area contributed by atoms with Crippen molar-refractivity contribution < 1.29 is 4.79 Å². The maximum Gasteiger partial charge on any atom is 0.330 e. The number of aromatic nitrogens is 2. The smallest absolute Gasteiger partial charge is 0.309 e. The van der Waals surface area contributed by atoms with Crippen LogP contribution in [0, 0.1) is 0 Å². The van der Waals surface area contributed by atoms with Gasteiger partial charge < -0.3 is 4.90 Å². The first-order valence-electron chi connectivity index (χ1n) is 5.80. The standard InChI is InChI=1S/C12H19N3O3/c1-9(16)10-8-15(7-5-6-13(2)3)12(18)14(4)11(10)17/h8H,5-7H2,1-4H3. The lowest BCUT2D eigenvalue weighted by molar-refractivity contribution is 0.101. The van der Waals surface area contributed by atoms with Crippen LogP contribution in [-0.2, 0) is 13.6 Å². The van der Waals surface area contributed by atoms with Crippen molar-refractivity contribution in [2.24, 2.45) is 7.05 Å². The molecule has 0 N–H and O–H groups in total. The van der Waals surface area contributed by atoms with Crippen molar-refractivity contribution in [1.29, 1.82) is 0 Å². The van der Waals surface area contributed by atoms with Gasteiger partial charge in [-0.25, -0.2) is 4.79 Å².